The number of hydrogen-bond donors (Lipinski definition) is 1. The largest absolute Gasteiger partial charge is 0.484 e. The van der Waals surface area contributed by atoms with Gasteiger partial charge in [-0.15, -0.1) is 11.3 Å². The lowest BCUT2D eigenvalue weighted by Crippen LogP contribution is -2.44. The van der Waals surface area contributed by atoms with Crippen LogP contribution in [0.2, 0.25) is 0 Å². The minimum absolute atomic E-state index is 0.00747. The van der Waals surface area contributed by atoms with Crippen LogP contribution in [0.5, 0.6) is 5.75 Å². The molecule has 1 aliphatic heterocycles. The summed E-state index contributed by atoms with van der Waals surface area (Å²) in [7, 11) is 0. The van der Waals surface area contributed by atoms with Crippen LogP contribution in [-0.2, 0) is 9.53 Å². The molecule has 1 N–H and O–H groups in total. The van der Waals surface area contributed by atoms with Crippen LogP contribution in [0.1, 0.15) is 28.1 Å². The van der Waals surface area contributed by atoms with Crippen LogP contribution < -0.4 is 10.1 Å². The number of rotatable bonds is 6. The highest BCUT2D eigenvalue weighted by molar-refractivity contribution is 7.15. The van der Waals surface area contributed by atoms with Crippen molar-refractivity contribution in [3.8, 4) is 5.75 Å². The fourth-order valence-corrected chi connectivity index (χ4v) is 4.22. The van der Waals surface area contributed by atoms with E-state index in [0.717, 1.165) is 27.9 Å². The lowest BCUT2D eigenvalue weighted by atomic mass is 10.1. The molecule has 8 heteroatoms. The molecule has 1 amide bonds. The summed E-state index contributed by atoms with van der Waals surface area (Å²) in [6, 6.07) is 13.3. The normalized spacial score (nSPS) is 16.2. The summed E-state index contributed by atoms with van der Waals surface area (Å²) in [5.41, 5.74) is 3.62. The molecule has 0 aliphatic carbocycles. The molecule has 2 aromatic heterocycles. The van der Waals surface area contributed by atoms with E-state index in [1.54, 1.807) is 16.2 Å². The molecular formula is C23H26N4O3S. The second-order valence-corrected chi connectivity index (χ2v) is 8.71. The lowest BCUT2D eigenvalue weighted by molar-refractivity contribution is -0.141. The summed E-state index contributed by atoms with van der Waals surface area (Å²) in [6.07, 6.45) is -0.283. The third kappa shape index (κ3) is 5.39. The predicted molar refractivity (Wildman–Crippen MR) is 121 cm³/mol. The Bertz CT molecular complexity index is 1030. The Morgan fingerprint density at radius 1 is 1.23 bits per heavy atom. The number of anilines is 2. The fourth-order valence-electron chi connectivity index (χ4n) is 3.39. The monoisotopic (exact) mass is 438 g/mol. The van der Waals surface area contributed by atoms with Gasteiger partial charge in [0.25, 0.3) is 5.91 Å². The second-order valence-electron chi connectivity index (χ2n) is 7.51. The topological polar surface area (TPSA) is 76.6 Å². The first kappa shape index (κ1) is 21.3. The van der Waals surface area contributed by atoms with Crippen molar-refractivity contribution in [1.82, 2.24) is 14.9 Å². The van der Waals surface area contributed by atoms with Crippen molar-refractivity contribution in [3.05, 3.63) is 64.4 Å². The molecule has 3 aromatic rings. The standard InChI is InChI=1S/C23H26N4O3S/c1-15-11-18(26-23-25-16(2)17(3)31-23)12-20(24-15)21-13-27(9-10-29-21)22(28)14-30-19-7-5-4-6-8-19/h4-8,11-12,21H,9-10,13-14H2,1-3H3,(H,24,25,26)/t21-/m0/s1. The van der Waals surface area contributed by atoms with E-state index in [1.165, 1.54) is 4.88 Å². The average molecular weight is 439 g/mol. The first-order valence-corrected chi connectivity index (χ1v) is 11.1. The number of carbonyl (C=O) groups excluding carboxylic acids is 1. The van der Waals surface area contributed by atoms with E-state index in [9.17, 15) is 4.79 Å². The van der Waals surface area contributed by atoms with Crippen molar-refractivity contribution in [2.24, 2.45) is 0 Å². The molecule has 1 atom stereocenters. The summed E-state index contributed by atoms with van der Waals surface area (Å²) in [5, 5.41) is 4.22. The third-order valence-corrected chi connectivity index (χ3v) is 6.10. The molecule has 0 radical (unpaired) electrons. The molecule has 4 rings (SSSR count). The molecular weight excluding hydrogens is 412 g/mol. The van der Waals surface area contributed by atoms with Gasteiger partial charge in [0.15, 0.2) is 11.7 Å². The number of para-hydroxylation sites is 1. The number of hydrogen-bond acceptors (Lipinski definition) is 7. The van der Waals surface area contributed by atoms with Gasteiger partial charge in [0, 0.05) is 22.8 Å². The number of nitrogens with one attached hydrogen (secondary N) is 1. The van der Waals surface area contributed by atoms with Crippen LogP contribution in [0.3, 0.4) is 0 Å². The number of ether oxygens (including phenoxy) is 2. The molecule has 0 spiro atoms. The van der Waals surface area contributed by atoms with Crippen molar-refractivity contribution in [1.29, 1.82) is 0 Å². The number of pyridine rings is 1. The summed E-state index contributed by atoms with van der Waals surface area (Å²) >= 11 is 1.62. The lowest BCUT2D eigenvalue weighted by Gasteiger charge is -2.32. The SMILES string of the molecule is Cc1cc(Nc2nc(C)c(C)s2)cc([C@@H]2CN(C(=O)COc3ccccc3)CCO2)n1. The van der Waals surface area contributed by atoms with Gasteiger partial charge in [-0.05, 0) is 45.0 Å². The molecule has 31 heavy (non-hydrogen) atoms. The van der Waals surface area contributed by atoms with Gasteiger partial charge in [0.05, 0.1) is 24.5 Å². The van der Waals surface area contributed by atoms with Crippen molar-refractivity contribution in [2.75, 3.05) is 31.6 Å². The molecule has 1 aromatic carbocycles. The molecule has 162 valence electrons. The van der Waals surface area contributed by atoms with Gasteiger partial charge in [-0.3, -0.25) is 9.78 Å². The molecule has 1 aliphatic rings. The number of morpholine rings is 1. The maximum absolute atomic E-state index is 12.7. The highest BCUT2D eigenvalue weighted by Crippen LogP contribution is 2.28. The summed E-state index contributed by atoms with van der Waals surface area (Å²) in [6.45, 7) is 7.48. The Labute approximate surface area is 186 Å². The van der Waals surface area contributed by atoms with Crippen molar-refractivity contribution in [3.63, 3.8) is 0 Å². The van der Waals surface area contributed by atoms with Crippen molar-refractivity contribution in [2.45, 2.75) is 26.9 Å². The van der Waals surface area contributed by atoms with Crippen LogP contribution in [0, 0.1) is 20.8 Å². The summed E-state index contributed by atoms with van der Waals surface area (Å²) in [5.74, 6) is 0.626. The van der Waals surface area contributed by atoms with Crippen LogP contribution in [0.4, 0.5) is 10.8 Å². The minimum Gasteiger partial charge on any atom is -0.484 e. The fraction of sp³-hybridized carbons (Fsp3) is 0.348. The van der Waals surface area contributed by atoms with Gasteiger partial charge in [-0.2, -0.15) is 0 Å². The molecule has 7 nitrogen and oxygen atoms in total. The minimum atomic E-state index is -0.283. The Kier molecular flexibility index (Phi) is 6.48. The van der Waals surface area contributed by atoms with Gasteiger partial charge >= 0.3 is 0 Å². The van der Waals surface area contributed by atoms with E-state index in [2.05, 4.69) is 22.2 Å². The number of carbonyl (C=O) groups is 1. The van der Waals surface area contributed by atoms with Gasteiger partial charge in [0.2, 0.25) is 0 Å². The number of thiazole rings is 1. The number of aromatic nitrogens is 2. The molecule has 0 saturated carbocycles. The Hall–Kier alpha value is -2.97. The third-order valence-electron chi connectivity index (χ3n) is 5.11. The van der Waals surface area contributed by atoms with Gasteiger partial charge in [0.1, 0.15) is 11.9 Å². The number of aryl methyl sites for hydroxylation is 3. The molecule has 1 fully saturated rings. The van der Waals surface area contributed by atoms with E-state index in [4.69, 9.17) is 9.47 Å². The van der Waals surface area contributed by atoms with Gasteiger partial charge in [-0.25, -0.2) is 4.98 Å². The van der Waals surface area contributed by atoms with E-state index in [0.29, 0.717) is 25.4 Å². The summed E-state index contributed by atoms with van der Waals surface area (Å²) in [4.78, 5) is 24.8. The second kappa shape index (κ2) is 9.45. The average Bonchev–Trinajstić information content (AvgIpc) is 3.09. The Balaban J connectivity index is 1.42. The molecule has 0 bridgehead atoms. The predicted octanol–water partition coefficient (Wildman–Crippen LogP) is 4.19. The highest BCUT2D eigenvalue weighted by atomic mass is 32.1. The van der Waals surface area contributed by atoms with Crippen LogP contribution in [0.15, 0.2) is 42.5 Å². The van der Waals surface area contributed by atoms with E-state index >= 15 is 0 Å². The van der Waals surface area contributed by atoms with Gasteiger partial charge < -0.3 is 19.7 Å². The van der Waals surface area contributed by atoms with Crippen LogP contribution >= 0.6 is 11.3 Å². The maximum Gasteiger partial charge on any atom is 0.260 e. The van der Waals surface area contributed by atoms with Crippen LogP contribution in [-0.4, -0.2) is 47.1 Å². The number of amides is 1. The maximum atomic E-state index is 12.7. The van der Waals surface area contributed by atoms with Crippen LogP contribution in [0.25, 0.3) is 0 Å². The first-order chi connectivity index (χ1) is 15.0. The highest BCUT2D eigenvalue weighted by Gasteiger charge is 2.27. The van der Waals surface area contributed by atoms with Crippen molar-refractivity contribution < 1.29 is 14.3 Å². The zero-order chi connectivity index (χ0) is 21.8. The molecule has 3 heterocycles. The summed E-state index contributed by atoms with van der Waals surface area (Å²) < 4.78 is 11.6. The first-order valence-electron chi connectivity index (χ1n) is 10.2. The molecule has 0 unspecified atom stereocenters. The molecule has 1 saturated heterocycles. The zero-order valence-electron chi connectivity index (χ0n) is 17.9. The Morgan fingerprint density at radius 2 is 2.03 bits per heavy atom. The smallest absolute Gasteiger partial charge is 0.260 e. The van der Waals surface area contributed by atoms with E-state index < -0.39 is 0 Å². The number of benzene rings is 1. The van der Waals surface area contributed by atoms with E-state index in [1.807, 2.05) is 56.3 Å². The van der Waals surface area contributed by atoms with Gasteiger partial charge in [-0.1, -0.05) is 18.2 Å². The van der Waals surface area contributed by atoms with E-state index in [-0.39, 0.29) is 18.6 Å². The Morgan fingerprint density at radius 3 is 2.77 bits per heavy atom. The van der Waals surface area contributed by atoms with Crippen molar-refractivity contribution >= 4 is 28.1 Å². The number of nitrogens with zero attached hydrogens (tertiary/aromatic N) is 3. The quantitative estimate of drug-likeness (QED) is 0.622. The zero-order valence-corrected chi connectivity index (χ0v) is 18.7.